The first-order chi connectivity index (χ1) is 11.0. The summed E-state index contributed by atoms with van der Waals surface area (Å²) in [5.74, 6) is 0.575. The molecule has 2 atom stereocenters. The summed E-state index contributed by atoms with van der Waals surface area (Å²) in [5.41, 5.74) is 7.55. The Morgan fingerprint density at radius 3 is 2.26 bits per heavy atom. The maximum absolute atomic E-state index is 2.46. The number of benzene rings is 1. The molecule has 2 aliphatic rings. The van der Waals surface area contributed by atoms with Crippen molar-refractivity contribution in [3.05, 3.63) is 70.6 Å². The van der Waals surface area contributed by atoms with Gasteiger partial charge in [-0.05, 0) is 49.8 Å². The van der Waals surface area contributed by atoms with Gasteiger partial charge in [-0.3, -0.25) is 0 Å². The molecule has 0 radical (unpaired) electrons. The van der Waals surface area contributed by atoms with Crippen LogP contribution < -0.4 is 0 Å². The van der Waals surface area contributed by atoms with E-state index in [-0.39, 0.29) is 0 Å². The summed E-state index contributed by atoms with van der Waals surface area (Å²) >= 11 is 0. The van der Waals surface area contributed by atoms with Crippen LogP contribution in [0.25, 0.3) is 0 Å². The van der Waals surface area contributed by atoms with Crippen LogP contribution in [-0.2, 0) is 0 Å². The van der Waals surface area contributed by atoms with Gasteiger partial charge in [0.2, 0.25) is 0 Å². The van der Waals surface area contributed by atoms with Crippen LogP contribution in [0.5, 0.6) is 0 Å². The van der Waals surface area contributed by atoms with Crippen molar-refractivity contribution in [3.8, 4) is 0 Å². The van der Waals surface area contributed by atoms with Crippen molar-refractivity contribution in [2.75, 3.05) is 13.7 Å². The van der Waals surface area contributed by atoms with E-state index in [0.717, 1.165) is 13.1 Å². The highest BCUT2D eigenvalue weighted by molar-refractivity contribution is 5.47. The predicted molar refractivity (Wildman–Crippen MR) is 97.6 cm³/mol. The van der Waals surface area contributed by atoms with Gasteiger partial charge in [-0.15, -0.1) is 0 Å². The maximum atomic E-state index is 2.46. The average molecular weight is 308 g/mol. The van der Waals surface area contributed by atoms with E-state index in [9.17, 15) is 0 Å². The van der Waals surface area contributed by atoms with Crippen molar-refractivity contribution >= 4 is 0 Å². The minimum absolute atomic E-state index is 0.406. The highest BCUT2D eigenvalue weighted by Gasteiger charge is 2.29. The summed E-state index contributed by atoms with van der Waals surface area (Å²) < 4.78 is 0. The Kier molecular flexibility index (Phi) is 4.34. The molecule has 1 aromatic rings. The van der Waals surface area contributed by atoms with E-state index in [0.29, 0.717) is 12.0 Å². The fraction of sp³-hybridized carbons (Fsp3) is 0.429. The van der Waals surface area contributed by atoms with E-state index in [1.165, 1.54) is 16.7 Å². The molecule has 0 N–H and O–H groups in total. The van der Waals surface area contributed by atoms with Crippen LogP contribution in [0.4, 0.5) is 0 Å². The van der Waals surface area contributed by atoms with Crippen molar-refractivity contribution in [1.29, 1.82) is 0 Å². The molecule has 1 aliphatic heterocycles. The first kappa shape index (κ1) is 15.9. The fourth-order valence-electron chi connectivity index (χ4n) is 3.84. The molecule has 1 aromatic carbocycles. The standard InChI is InChI=1S/C21H28N2/c1-15-16(2)18(4)20(17(15)3)13-21(19-9-7-6-8-10-19)23-12-11-22(5)14-23/h6-12,17,21H,13-14H2,1-5H3. The van der Waals surface area contributed by atoms with Gasteiger partial charge in [0.25, 0.3) is 0 Å². The molecule has 2 unspecified atom stereocenters. The normalized spacial score (nSPS) is 22.6. The summed E-state index contributed by atoms with van der Waals surface area (Å²) in [6, 6.07) is 11.3. The lowest BCUT2D eigenvalue weighted by Gasteiger charge is -2.31. The molecular formula is C21H28N2. The Morgan fingerprint density at radius 2 is 1.74 bits per heavy atom. The van der Waals surface area contributed by atoms with Crippen molar-refractivity contribution in [1.82, 2.24) is 9.80 Å². The van der Waals surface area contributed by atoms with Gasteiger partial charge in [-0.25, -0.2) is 0 Å². The summed E-state index contributed by atoms with van der Waals surface area (Å²) in [7, 11) is 2.14. The zero-order chi connectivity index (χ0) is 16.6. The zero-order valence-electron chi connectivity index (χ0n) is 15.0. The van der Waals surface area contributed by atoms with Crippen molar-refractivity contribution < 1.29 is 0 Å². The number of rotatable bonds is 4. The fourth-order valence-corrected chi connectivity index (χ4v) is 3.84. The third kappa shape index (κ3) is 2.95. The molecule has 2 nitrogen and oxygen atoms in total. The highest BCUT2D eigenvalue weighted by Crippen LogP contribution is 2.42. The number of nitrogens with zero attached hydrogens (tertiary/aromatic N) is 2. The molecule has 0 spiro atoms. The Hall–Kier alpha value is -1.96. The smallest absolute Gasteiger partial charge is 0.0896 e. The average Bonchev–Trinajstić information content (AvgIpc) is 3.06. The largest absolute Gasteiger partial charge is 0.362 e. The van der Waals surface area contributed by atoms with Crippen molar-refractivity contribution in [2.24, 2.45) is 5.92 Å². The van der Waals surface area contributed by atoms with Crippen molar-refractivity contribution in [3.63, 3.8) is 0 Å². The number of hydrogen-bond acceptors (Lipinski definition) is 2. The molecule has 0 saturated carbocycles. The maximum Gasteiger partial charge on any atom is 0.0896 e. The van der Waals surface area contributed by atoms with Gasteiger partial charge in [0.05, 0.1) is 12.7 Å². The second-order valence-corrected chi connectivity index (χ2v) is 7.02. The molecule has 0 bridgehead atoms. The SMILES string of the molecule is CC1=C(C)C(C)C(CC(c2ccccc2)N2C=CN(C)C2)=C1C. The van der Waals surface area contributed by atoms with Crippen LogP contribution in [0.1, 0.15) is 45.7 Å². The van der Waals surface area contributed by atoms with Gasteiger partial charge in [0.15, 0.2) is 0 Å². The second-order valence-electron chi connectivity index (χ2n) is 7.02. The molecular weight excluding hydrogens is 280 g/mol. The van der Waals surface area contributed by atoms with Gasteiger partial charge >= 0.3 is 0 Å². The molecule has 1 aliphatic carbocycles. The van der Waals surface area contributed by atoms with Gasteiger partial charge in [-0.1, -0.05) is 48.4 Å². The summed E-state index contributed by atoms with van der Waals surface area (Å²) in [6.45, 7) is 10.2. The van der Waals surface area contributed by atoms with Gasteiger partial charge < -0.3 is 9.80 Å². The summed E-state index contributed by atoms with van der Waals surface area (Å²) in [4.78, 5) is 4.70. The molecule has 0 fully saturated rings. The predicted octanol–water partition coefficient (Wildman–Crippen LogP) is 5.10. The van der Waals surface area contributed by atoms with E-state index in [1.807, 2.05) is 0 Å². The summed E-state index contributed by atoms with van der Waals surface area (Å²) in [6.07, 6.45) is 5.51. The molecule has 0 saturated heterocycles. The molecule has 23 heavy (non-hydrogen) atoms. The topological polar surface area (TPSA) is 6.48 Å². The van der Waals surface area contributed by atoms with Gasteiger partial charge in [0.1, 0.15) is 0 Å². The Labute approximate surface area is 140 Å². The molecule has 0 amide bonds. The molecule has 1 heterocycles. The monoisotopic (exact) mass is 308 g/mol. The van der Waals surface area contributed by atoms with E-state index in [1.54, 1.807) is 11.1 Å². The second kappa shape index (κ2) is 6.27. The zero-order valence-corrected chi connectivity index (χ0v) is 15.0. The van der Waals surface area contributed by atoms with Crippen LogP contribution in [0.2, 0.25) is 0 Å². The van der Waals surface area contributed by atoms with Crippen LogP contribution in [0.15, 0.2) is 65.0 Å². The molecule has 0 aromatic heterocycles. The minimum atomic E-state index is 0.406. The first-order valence-electron chi connectivity index (χ1n) is 8.55. The number of hydrogen-bond donors (Lipinski definition) is 0. The van der Waals surface area contributed by atoms with E-state index < -0.39 is 0 Å². The third-order valence-electron chi connectivity index (χ3n) is 5.70. The lowest BCUT2D eigenvalue weighted by molar-refractivity contribution is 0.228. The Morgan fingerprint density at radius 1 is 1.04 bits per heavy atom. The van der Waals surface area contributed by atoms with Crippen LogP contribution in [-0.4, -0.2) is 23.5 Å². The minimum Gasteiger partial charge on any atom is -0.362 e. The highest BCUT2D eigenvalue weighted by atomic mass is 15.3. The Balaban J connectivity index is 1.90. The third-order valence-corrected chi connectivity index (χ3v) is 5.70. The number of allylic oxidation sites excluding steroid dienone is 3. The van der Waals surface area contributed by atoms with E-state index in [4.69, 9.17) is 0 Å². The molecule has 2 heteroatoms. The van der Waals surface area contributed by atoms with E-state index >= 15 is 0 Å². The first-order valence-corrected chi connectivity index (χ1v) is 8.55. The quantitative estimate of drug-likeness (QED) is 0.764. The Bertz CT molecular complexity index is 666. The van der Waals surface area contributed by atoms with Gasteiger partial charge in [-0.2, -0.15) is 0 Å². The van der Waals surface area contributed by atoms with Crippen LogP contribution in [0, 0.1) is 5.92 Å². The lowest BCUT2D eigenvalue weighted by Crippen LogP contribution is -2.28. The van der Waals surface area contributed by atoms with Crippen LogP contribution >= 0.6 is 0 Å². The van der Waals surface area contributed by atoms with Crippen LogP contribution in [0.3, 0.4) is 0 Å². The van der Waals surface area contributed by atoms with Gasteiger partial charge in [0, 0.05) is 19.4 Å². The summed E-state index contributed by atoms with van der Waals surface area (Å²) in [5, 5.41) is 0. The molecule has 122 valence electrons. The van der Waals surface area contributed by atoms with E-state index in [2.05, 4.69) is 87.3 Å². The van der Waals surface area contributed by atoms with Crippen molar-refractivity contribution in [2.45, 2.75) is 40.2 Å². The lowest BCUT2D eigenvalue weighted by atomic mass is 9.89. The molecule has 3 rings (SSSR count).